The topological polar surface area (TPSA) is 63.1 Å². The van der Waals surface area contributed by atoms with E-state index in [-0.39, 0.29) is 11.9 Å². The molecule has 3 heterocycles. The first-order chi connectivity index (χ1) is 13.7. The Morgan fingerprint density at radius 1 is 1.07 bits per heavy atom. The van der Waals surface area contributed by atoms with Gasteiger partial charge in [0, 0.05) is 56.5 Å². The SMILES string of the molecule is Cn1ccnc1C(NC1CCN(C(=O)c2ccncc2)CC1)c1ccccc1. The minimum atomic E-state index is 0.0358. The first kappa shape index (κ1) is 18.4. The Kier molecular flexibility index (Phi) is 5.48. The Morgan fingerprint density at radius 3 is 2.43 bits per heavy atom. The third-order valence-electron chi connectivity index (χ3n) is 5.36. The first-order valence-corrected chi connectivity index (χ1v) is 9.70. The highest BCUT2D eigenvalue weighted by molar-refractivity contribution is 5.94. The molecule has 1 N–H and O–H groups in total. The fourth-order valence-corrected chi connectivity index (χ4v) is 3.78. The quantitative estimate of drug-likeness (QED) is 0.745. The molecule has 1 atom stereocenters. The highest BCUT2D eigenvalue weighted by Gasteiger charge is 2.27. The molecule has 6 heteroatoms. The van der Waals surface area contributed by atoms with Crippen molar-refractivity contribution in [3.05, 3.63) is 84.2 Å². The molecule has 1 saturated heterocycles. The molecule has 0 spiro atoms. The maximum Gasteiger partial charge on any atom is 0.253 e. The summed E-state index contributed by atoms with van der Waals surface area (Å²) in [6, 6.07) is 14.3. The Balaban J connectivity index is 1.44. The first-order valence-electron chi connectivity index (χ1n) is 9.70. The summed E-state index contributed by atoms with van der Waals surface area (Å²) < 4.78 is 2.06. The molecule has 2 aromatic heterocycles. The summed E-state index contributed by atoms with van der Waals surface area (Å²) in [7, 11) is 2.02. The van der Waals surface area contributed by atoms with Crippen molar-refractivity contribution in [1.82, 2.24) is 24.8 Å². The Bertz CT molecular complexity index is 901. The van der Waals surface area contributed by atoms with Gasteiger partial charge in [-0.05, 0) is 30.5 Å². The number of hydrogen-bond donors (Lipinski definition) is 1. The highest BCUT2D eigenvalue weighted by atomic mass is 16.2. The number of aryl methyl sites for hydroxylation is 1. The zero-order valence-electron chi connectivity index (χ0n) is 16.0. The maximum absolute atomic E-state index is 12.6. The van der Waals surface area contributed by atoms with E-state index in [0.717, 1.165) is 31.8 Å². The fraction of sp³-hybridized carbons (Fsp3) is 0.318. The number of pyridine rings is 1. The monoisotopic (exact) mass is 375 g/mol. The Morgan fingerprint density at radius 2 is 1.79 bits per heavy atom. The van der Waals surface area contributed by atoms with Gasteiger partial charge >= 0.3 is 0 Å². The molecule has 1 fully saturated rings. The van der Waals surface area contributed by atoms with Crippen molar-refractivity contribution >= 4 is 5.91 Å². The number of piperidine rings is 1. The van der Waals surface area contributed by atoms with Crippen molar-refractivity contribution in [2.75, 3.05) is 13.1 Å². The number of hydrogen-bond acceptors (Lipinski definition) is 4. The lowest BCUT2D eigenvalue weighted by molar-refractivity contribution is 0.0702. The number of aromatic nitrogens is 3. The predicted octanol–water partition coefficient (Wildman–Crippen LogP) is 2.80. The van der Waals surface area contributed by atoms with Crippen LogP contribution in [0.2, 0.25) is 0 Å². The number of carbonyl (C=O) groups is 1. The molecule has 144 valence electrons. The molecule has 1 aliphatic rings. The molecule has 1 aliphatic heterocycles. The van der Waals surface area contributed by atoms with Gasteiger partial charge in [-0.25, -0.2) is 4.98 Å². The summed E-state index contributed by atoms with van der Waals surface area (Å²) in [5.41, 5.74) is 1.91. The zero-order chi connectivity index (χ0) is 19.3. The fourth-order valence-electron chi connectivity index (χ4n) is 3.78. The van der Waals surface area contributed by atoms with Crippen LogP contribution in [0, 0.1) is 0 Å². The van der Waals surface area contributed by atoms with E-state index in [1.54, 1.807) is 24.5 Å². The van der Waals surface area contributed by atoms with Crippen LogP contribution in [0.5, 0.6) is 0 Å². The lowest BCUT2D eigenvalue weighted by Gasteiger charge is -2.34. The van der Waals surface area contributed by atoms with Gasteiger partial charge in [-0.2, -0.15) is 0 Å². The summed E-state index contributed by atoms with van der Waals surface area (Å²) in [5, 5.41) is 3.78. The lowest BCUT2D eigenvalue weighted by Crippen LogP contribution is -2.46. The van der Waals surface area contributed by atoms with Gasteiger partial charge < -0.3 is 14.8 Å². The average Bonchev–Trinajstić information content (AvgIpc) is 3.19. The van der Waals surface area contributed by atoms with Crippen LogP contribution in [0.1, 0.15) is 40.6 Å². The number of nitrogens with zero attached hydrogens (tertiary/aromatic N) is 4. The van der Waals surface area contributed by atoms with Crippen LogP contribution >= 0.6 is 0 Å². The summed E-state index contributed by atoms with van der Waals surface area (Å²) in [4.78, 5) is 23.1. The van der Waals surface area contributed by atoms with Gasteiger partial charge in [0.05, 0.1) is 6.04 Å². The van der Waals surface area contributed by atoms with Crippen molar-refractivity contribution in [3.63, 3.8) is 0 Å². The van der Waals surface area contributed by atoms with Gasteiger partial charge in [-0.15, -0.1) is 0 Å². The van der Waals surface area contributed by atoms with E-state index in [1.165, 1.54) is 5.56 Å². The van der Waals surface area contributed by atoms with Crippen molar-refractivity contribution in [2.24, 2.45) is 7.05 Å². The van der Waals surface area contributed by atoms with Crippen molar-refractivity contribution < 1.29 is 4.79 Å². The summed E-state index contributed by atoms with van der Waals surface area (Å²) in [6.07, 6.45) is 8.98. The number of nitrogens with one attached hydrogen (secondary N) is 1. The number of likely N-dealkylation sites (tertiary alicyclic amines) is 1. The van der Waals surface area contributed by atoms with Gasteiger partial charge in [0.15, 0.2) is 0 Å². The average molecular weight is 375 g/mol. The van der Waals surface area contributed by atoms with Crippen LogP contribution in [0.4, 0.5) is 0 Å². The maximum atomic E-state index is 12.6. The van der Waals surface area contributed by atoms with Gasteiger partial charge in [0.1, 0.15) is 5.82 Å². The van der Waals surface area contributed by atoms with Crippen LogP contribution in [0.25, 0.3) is 0 Å². The molecule has 1 aromatic carbocycles. The predicted molar refractivity (Wildman–Crippen MR) is 108 cm³/mol. The van der Waals surface area contributed by atoms with E-state index in [4.69, 9.17) is 0 Å². The van der Waals surface area contributed by atoms with Gasteiger partial charge in [0.25, 0.3) is 5.91 Å². The second-order valence-electron chi connectivity index (χ2n) is 7.21. The third-order valence-corrected chi connectivity index (χ3v) is 5.36. The van der Waals surface area contributed by atoms with E-state index in [1.807, 2.05) is 30.4 Å². The number of amides is 1. The van der Waals surface area contributed by atoms with Crippen molar-refractivity contribution in [2.45, 2.75) is 24.9 Å². The van der Waals surface area contributed by atoms with E-state index in [2.05, 4.69) is 44.1 Å². The van der Waals surface area contributed by atoms with Gasteiger partial charge in [0.2, 0.25) is 0 Å². The van der Waals surface area contributed by atoms with Crippen molar-refractivity contribution in [1.29, 1.82) is 0 Å². The van der Waals surface area contributed by atoms with Crippen LogP contribution in [0.15, 0.2) is 67.3 Å². The minimum absolute atomic E-state index is 0.0358. The minimum Gasteiger partial charge on any atom is -0.339 e. The summed E-state index contributed by atoms with van der Waals surface area (Å²) >= 11 is 0. The molecule has 1 amide bonds. The molecular formula is C22H25N5O. The molecule has 6 nitrogen and oxygen atoms in total. The third kappa shape index (κ3) is 3.97. The number of imidazole rings is 1. The van der Waals surface area contributed by atoms with Crippen LogP contribution in [-0.4, -0.2) is 44.5 Å². The Labute approximate surface area is 165 Å². The normalized spacial score (nSPS) is 16.1. The van der Waals surface area contributed by atoms with Gasteiger partial charge in [-0.1, -0.05) is 30.3 Å². The molecular weight excluding hydrogens is 350 g/mol. The number of benzene rings is 1. The standard InChI is InChI=1S/C22H25N5O/c1-26-16-13-24-21(26)20(17-5-3-2-4-6-17)25-19-9-14-27(15-10-19)22(28)18-7-11-23-12-8-18/h2-8,11-13,16,19-20,25H,9-10,14-15H2,1H3. The smallest absolute Gasteiger partial charge is 0.253 e. The lowest BCUT2D eigenvalue weighted by atomic mass is 9.99. The number of carbonyl (C=O) groups excluding carboxylic acids is 1. The summed E-state index contributed by atoms with van der Waals surface area (Å²) in [5.74, 6) is 1.09. The highest BCUT2D eigenvalue weighted by Crippen LogP contribution is 2.23. The molecule has 0 aliphatic carbocycles. The molecule has 1 unspecified atom stereocenters. The Hall–Kier alpha value is -2.99. The molecule has 4 rings (SSSR count). The molecule has 0 saturated carbocycles. The van der Waals surface area contributed by atoms with Crippen LogP contribution in [-0.2, 0) is 7.05 Å². The summed E-state index contributed by atoms with van der Waals surface area (Å²) in [6.45, 7) is 1.50. The zero-order valence-corrected chi connectivity index (χ0v) is 16.0. The molecule has 0 bridgehead atoms. The van der Waals surface area contributed by atoms with E-state index in [9.17, 15) is 4.79 Å². The van der Waals surface area contributed by atoms with E-state index >= 15 is 0 Å². The van der Waals surface area contributed by atoms with Crippen LogP contribution in [0.3, 0.4) is 0 Å². The second kappa shape index (κ2) is 8.35. The van der Waals surface area contributed by atoms with Crippen molar-refractivity contribution in [3.8, 4) is 0 Å². The molecule has 3 aromatic rings. The second-order valence-corrected chi connectivity index (χ2v) is 7.21. The number of rotatable bonds is 5. The van der Waals surface area contributed by atoms with Crippen LogP contribution < -0.4 is 5.32 Å². The van der Waals surface area contributed by atoms with Gasteiger partial charge in [-0.3, -0.25) is 9.78 Å². The molecule has 28 heavy (non-hydrogen) atoms. The molecule has 0 radical (unpaired) electrons. The van der Waals surface area contributed by atoms with E-state index in [0.29, 0.717) is 11.6 Å². The largest absolute Gasteiger partial charge is 0.339 e. The van der Waals surface area contributed by atoms with E-state index < -0.39 is 0 Å².